The van der Waals surface area contributed by atoms with Gasteiger partial charge in [-0.05, 0) is 25.5 Å². The highest BCUT2D eigenvalue weighted by atomic mass is 32.2. The van der Waals surface area contributed by atoms with Gasteiger partial charge in [0.2, 0.25) is 0 Å². The Labute approximate surface area is 164 Å². The third-order valence-corrected chi connectivity index (χ3v) is 5.62. The van der Waals surface area contributed by atoms with E-state index in [-0.39, 0.29) is 37.6 Å². The Balaban J connectivity index is 1.67. The molecule has 0 radical (unpaired) electrons. The van der Waals surface area contributed by atoms with Gasteiger partial charge in [-0.3, -0.25) is 0 Å². The molecule has 1 aliphatic rings. The van der Waals surface area contributed by atoms with Crippen LogP contribution in [0.3, 0.4) is 0 Å². The molecule has 2 atom stereocenters. The number of nitrogens with one attached hydrogen (secondary N) is 1. The number of hydrogen-bond donors (Lipinski definition) is 1. The second-order valence-corrected chi connectivity index (χ2v) is 8.28. The van der Waals surface area contributed by atoms with Crippen molar-refractivity contribution in [3.8, 4) is 17.0 Å². The Morgan fingerprint density at radius 3 is 2.69 bits per heavy atom. The van der Waals surface area contributed by atoms with Crippen molar-refractivity contribution in [2.45, 2.75) is 24.9 Å². The van der Waals surface area contributed by atoms with Crippen LogP contribution in [0.15, 0.2) is 28.8 Å². The van der Waals surface area contributed by atoms with Gasteiger partial charge in [0.25, 0.3) is 0 Å². The van der Waals surface area contributed by atoms with Crippen molar-refractivity contribution < 1.29 is 40.0 Å². The molecule has 2 heterocycles. The molecular formula is C17H18F4N2O5S. The number of benzene rings is 1. The molecule has 1 N–H and O–H groups in total. The van der Waals surface area contributed by atoms with Gasteiger partial charge in [0.05, 0.1) is 13.2 Å². The lowest BCUT2D eigenvalue weighted by molar-refractivity contribution is -0.0467. The average Bonchev–Trinajstić information content (AvgIpc) is 3.06. The molecule has 1 saturated heterocycles. The molecule has 29 heavy (non-hydrogen) atoms. The minimum atomic E-state index is -5.49. The van der Waals surface area contributed by atoms with E-state index in [9.17, 15) is 26.0 Å². The van der Waals surface area contributed by atoms with Crippen LogP contribution in [-0.4, -0.2) is 44.9 Å². The SMILES string of the molecule is Cc1cc(-c2ccc(OC[C@H]3COCC[C@@H]3NS(=O)(=O)C(F)(F)F)cc2F)no1. The van der Waals surface area contributed by atoms with Gasteiger partial charge in [-0.15, -0.1) is 0 Å². The fourth-order valence-corrected chi connectivity index (χ4v) is 3.71. The average molecular weight is 438 g/mol. The van der Waals surface area contributed by atoms with Crippen molar-refractivity contribution in [2.24, 2.45) is 5.92 Å². The van der Waals surface area contributed by atoms with E-state index in [1.54, 1.807) is 17.7 Å². The fourth-order valence-electron chi connectivity index (χ4n) is 2.87. The van der Waals surface area contributed by atoms with E-state index in [1.807, 2.05) is 0 Å². The molecule has 1 aromatic carbocycles. The van der Waals surface area contributed by atoms with E-state index in [4.69, 9.17) is 14.0 Å². The van der Waals surface area contributed by atoms with E-state index in [1.165, 1.54) is 12.1 Å². The standard InChI is InChI=1S/C17H18F4N2O5S/c1-10-6-16(22-28-10)13-3-2-12(7-14(13)18)27-9-11-8-26-5-4-15(11)23-29(24,25)17(19,20)21/h2-3,6-7,11,15,23H,4-5,8-9H2,1H3/t11-,15+/m1/s1. The number of aryl methyl sites for hydroxylation is 1. The number of alkyl halides is 3. The monoisotopic (exact) mass is 438 g/mol. The number of hydrogen-bond acceptors (Lipinski definition) is 6. The molecule has 0 saturated carbocycles. The largest absolute Gasteiger partial charge is 0.511 e. The van der Waals surface area contributed by atoms with Gasteiger partial charge in [-0.25, -0.2) is 17.5 Å². The van der Waals surface area contributed by atoms with Crippen molar-refractivity contribution in [1.29, 1.82) is 0 Å². The quantitative estimate of drug-likeness (QED) is 0.698. The predicted octanol–water partition coefficient (Wildman–Crippen LogP) is 3.01. The van der Waals surface area contributed by atoms with Crippen LogP contribution in [0.5, 0.6) is 5.75 Å². The Hall–Kier alpha value is -2.18. The third-order valence-electron chi connectivity index (χ3n) is 4.39. The smallest absolute Gasteiger partial charge is 0.493 e. The molecule has 0 unspecified atom stereocenters. The minimum absolute atomic E-state index is 0.00380. The number of halogens is 4. The summed E-state index contributed by atoms with van der Waals surface area (Å²) in [6.07, 6.45) is 0.0577. The van der Waals surface area contributed by atoms with Crippen LogP contribution in [0.25, 0.3) is 11.3 Å². The predicted molar refractivity (Wildman–Crippen MR) is 93.0 cm³/mol. The zero-order valence-corrected chi connectivity index (χ0v) is 16.0. The lowest BCUT2D eigenvalue weighted by Crippen LogP contribution is -2.50. The van der Waals surface area contributed by atoms with Crippen LogP contribution >= 0.6 is 0 Å². The van der Waals surface area contributed by atoms with Gasteiger partial charge in [0.15, 0.2) is 0 Å². The number of sulfonamides is 1. The van der Waals surface area contributed by atoms with Gasteiger partial charge in [0, 0.05) is 36.3 Å². The Kier molecular flexibility index (Phi) is 6.15. The Bertz CT molecular complexity index is 961. The van der Waals surface area contributed by atoms with Crippen molar-refractivity contribution in [3.05, 3.63) is 35.8 Å². The van der Waals surface area contributed by atoms with E-state index in [0.29, 0.717) is 11.5 Å². The van der Waals surface area contributed by atoms with Gasteiger partial charge in [-0.1, -0.05) is 5.16 Å². The first-order valence-corrected chi connectivity index (χ1v) is 10.1. The van der Waals surface area contributed by atoms with Crippen LogP contribution in [0.2, 0.25) is 0 Å². The highest BCUT2D eigenvalue weighted by Gasteiger charge is 2.48. The maximum atomic E-state index is 14.3. The molecule has 1 aromatic heterocycles. The van der Waals surface area contributed by atoms with Gasteiger partial charge in [-0.2, -0.15) is 13.2 Å². The summed E-state index contributed by atoms with van der Waals surface area (Å²) in [4.78, 5) is 0. The number of rotatable bonds is 6. The topological polar surface area (TPSA) is 90.7 Å². The van der Waals surface area contributed by atoms with E-state index in [2.05, 4.69) is 5.16 Å². The first-order valence-electron chi connectivity index (χ1n) is 8.59. The van der Waals surface area contributed by atoms with E-state index >= 15 is 0 Å². The lowest BCUT2D eigenvalue weighted by Gasteiger charge is -2.32. The van der Waals surface area contributed by atoms with Crippen LogP contribution in [-0.2, 0) is 14.8 Å². The lowest BCUT2D eigenvalue weighted by atomic mass is 9.98. The zero-order chi connectivity index (χ0) is 21.2. The van der Waals surface area contributed by atoms with Gasteiger partial charge < -0.3 is 14.0 Å². The minimum Gasteiger partial charge on any atom is -0.493 e. The van der Waals surface area contributed by atoms with Crippen LogP contribution < -0.4 is 9.46 Å². The van der Waals surface area contributed by atoms with Gasteiger partial charge >= 0.3 is 15.5 Å². The summed E-state index contributed by atoms with van der Waals surface area (Å²) in [5.74, 6) is -0.648. The summed E-state index contributed by atoms with van der Waals surface area (Å²) in [5.41, 5.74) is -4.89. The van der Waals surface area contributed by atoms with Crippen molar-refractivity contribution >= 4 is 10.0 Å². The van der Waals surface area contributed by atoms with Crippen LogP contribution in [0, 0.1) is 18.7 Å². The molecule has 3 rings (SSSR count). The highest BCUT2D eigenvalue weighted by molar-refractivity contribution is 7.90. The summed E-state index contributed by atoms with van der Waals surface area (Å²) in [5, 5.41) is 3.73. The molecule has 160 valence electrons. The summed E-state index contributed by atoms with van der Waals surface area (Å²) in [7, 11) is -5.49. The van der Waals surface area contributed by atoms with E-state index < -0.39 is 33.3 Å². The molecule has 2 aromatic rings. The van der Waals surface area contributed by atoms with E-state index in [0.717, 1.165) is 6.07 Å². The second kappa shape index (κ2) is 8.28. The molecule has 7 nitrogen and oxygen atoms in total. The summed E-state index contributed by atoms with van der Waals surface area (Å²) in [6.45, 7) is 1.63. The van der Waals surface area contributed by atoms with Crippen molar-refractivity contribution in [2.75, 3.05) is 19.8 Å². The summed E-state index contributed by atoms with van der Waals surface area (Å²) in [6, 6.07) is 4.57. The molecule has 0 aliphatic carbocycles. The highest BCUT2D eigenvalue weighted by Crippen LogP contribution is 2.28. The number of ether oxygens (including phenoxy) is 2. The summed E-state index contributed by atoms with van der Waals surface area (Å²) >= 11 is 0. The van der Waals surface area contributed by atoms with Crippen LogP contribution in [0.4, 0.5) is 17.6 Å². The first kappa shape index (κ1) is 21.5. The Morgan fingerprint density at radius 2 is 2.07 bits per heavy atom. The fraction of sp³-hybridized carbons (Fsp3) is 0.471. The second-order valence-electron chi connectivity index (χ2n) is 6.57. The molecule has 0 bridgehead atoms. The summed E-state index contributed by atoms with van der Waals surface area (Å²) < 4.78 is 92.2. The van der Waals surface area contributed by atoms with Crippen molar-refractivity contribution in [1.82, 2.24) is 9.88 Å². The molecule has 1 aliphatic heterocycles. The van der Waals surface area contributed by atoms with Gasteiger partial charge in [0.1, 0.15) is 23.0 Å². The van der Waals surface area contributed by atoms with Crippen LogP contribution in [0.1, 0.15) is 12.2 Å². The normalized spacial score (nSPS) is 20.6. The maximum absolute atomic E-state index is 14.3. The molecule has 12 heteroatoms. The molecule has 1 fully saturated rings. The number of aromatic nitrogens is 1. The molecule has 0 spiro atoms. The first-order chi connectivity index (χ1) is 13.6. The Morgan fingerprint density at radius 1 is 1.31 bits per heavy atom. The third kappa shape index (κ3) is 5.06. The molecule has 0 amide bonds. The number of nitrogens with zero attached hydrogens (tertiary/aromatic N) is 1. The van der Waals surface area contributed by atoms with Crippen molar-refractivity contribution in [3.63, 3.8) is 0 Å². The zero-order valence-electron chi connectivity index (χ0n) is 15.2. The molecular weight excluding hydrogens is 420 g/mol. The maximum Gasteiger partial charge on any atom is 0.511 e.